The van der Waals surface area contributed by atoms with E-state index >= 15 is 0 Å². The van der Waals surface area contributed by atoms with E-state index in [0.29, 0.717) is 41.6 Å². The van der Waals surface area contributed by atoms with Gasteiger partial charge >= 0.3 is 0 Å². The number of nitrogens with zero attached hydrogens (tertiary/aromatic N) is 1. The molecule has 0 saturated carbocycles. The van der Waals surface area contributed by atoms with Gasteiger partial charge in [-0.2, -0.15) is 0 Å². The first-order valence-electron chi connectivity index (χ1n) is 10.1. The number of halogens is 2. The molecule has 1 saturated heterocycles. The van der Waals surface area contributed by atoms with Crippen LogP contribution in [0.2, 0.25) is 0 Å². The maximum Gasteiger partial charge on any atom is 0.242 e. The van der Waals surface area contributed by atoms with E-state index < -0.39 is 18.0 Å². The number of hydrogen-bond acceptors (Lipinski definition) is 3. The van der Waals surface area contributed by atoms with Gasteiger partial charge in [-0.25, -0.2) is 8.78 Å². The molecule has 158 valence electrons. The van der Waals surface area contributed by atoms with Crippen LogP contribution in [0.15, 0.2) is 30.3 Å². The molecule has 2 aromatic carbocycles. The van der Waals surface area contributed by atoms with E-state index in [0.717, 1.165) is 6.42 Å². The predicted molar refractivity (Wildman–Crippen MR) is 108 cm³/mol. The third-order valence-electron chi connectivity index (χ3n) is 5.82. The monoisotopic (exact) mass is 414 g/mol. The van der Waals surface area contributed by atoms with Crippen LogP contribution in [0.25, 0.3) is 11.1 Å². The highest BCUT2D eigenvalue weighted by molar-refractivity contribution is 5.87. The fraction of sp³-hybridized carbons (Fsp3) is 0.391. The lowest BCUT2D eigenvalue weighted by molar-refractivity contribution is -0.137. The average Bonchev–Trinajstić information content (AvgIpc) is 3.35. The predicted octanol–water partition coefficient (Wildman–Crippen LogP) is 3.37. The Morgan fingerprint density at radius 3 is 2.67 bits per heavy atom. The van der Waals surface area contributed by atoms with Crippen molar-refractivity contribution in [3.8, 4) is 16.9 Å². The molecule has 4 rings (SSSR count). The van der Waals surface area contributed by atoms with Gasteiger partial charge in [0, 0.05) is 25.5 Å². The molecule has 2 atom stereocenters. The van der Waals surface area contributed by atoms with Crippen LogP contribution in [0.4, 0.5) is 8.78 Å². The van der Waals surface area contributed by atoms with Crippen LogP contribution in [0.3, 0.4) is 0 Å². The molecule has 1 fully saturated rings. The second-order valence-corrected chi connectivity index (χ2v) is 7.97. The van der Waals surface area contributed by atoms with Crippen molar-refractivity contribution < 1.29 is 23.1 Å². The highest BCUT2D eigenvalue weighted by atomic mass is 19.1. The summed E-state index contributed by atoms with van der Waals surface area (Å²) < 4.78 is 34.2. The van der Waals surface area contributed by atoms with Gasteiger partial charge in [0.2, 0.25) is 11.8 Å². The summed E-state index contributed by atoms with van der Waals surface area (Å²) in [7, 11) is 0. The van der Waals surface area contributed by atoms with Gasteiger partial charge < -0.3 is 15.0 Å². The number of aryl methyl sites for hydroxylation is 1. The molecule has 0 aliphatic carbocycles. The van der Waals surface area contributed by atoms with Crippen molar-refractivity contribution >= 4 is 11.8 Å². The lowest BCUT2D eigenvalue weighted by atomic mass is 9.99. The molecule has 0 spiro atoms. The van der Waals surface area contributed by atoms with E-state index in [1.54, 1.807) is 30.0 Å². The number of hydrogen-bond donors (Lipinski definition) is 1. The molecular formula is C23H24F2N2O3. The highest BCUT2D eigenvalue weighted by Gasteiger charge is 2.33. The number of rotatable bonds is 4. The number of nitrogens with one attached hydrogen (secondary N) is 1. The van der Waals surface area contributed by atoms with E-state index in [1.165, 1.54) is 19.1 Å². The summed E-state index contributed by atoms with van der Waals surface area (Å²) in [4.78, 5) is 25.7. The molecule has 2 amide bonds. The van der Waals surface area contributed by atoms with E-state index in [1.807, 2.05) is 0 Å². The van der Waals surface area contributed by atoms with Gasteiger partial charge in [-0.15, -0.1) is 0 Å². The van der Waals surface area contributed by atoms with Gasteiger partial charge in [-0.1, -0.05) is 12.1 Å². The number of amides is 2. The fourth-order valence-corrected chi connectivity index (χ4v) is 4.19. The molecule has 2 aliphatic rings. The van der Waals surface area contributed by atoms with E-state index in [-0.39, 0.29) is 29.9 Å². The molecule has 2 aromatic rings. The van der Waals surface area contributed by atoms with Crippen molar-refractivity contribution in [3.63, 3.8) is 0 Å². The summed E-state index contributed by atoms with van der Waals surface area (Å²) >= 11 is 0. The largest absolute Gasteiger partial charge is 0.485 e. The second-order valence-electron chi connectivity index (χ2n) is 7.97. The Morgan fingerprint density at radius 2 is 1.93 bits per heavy atom. The van der Waals surface area contributed by atoms with Gasteiger partial charge in [0.05, 0.1) is 6.54 Å². The van der Waals surface area contributed by atoms with Gasteiger partial charge in [0.15, 0.2) is 11.6 Å². The maximum atomic E-state index is 14.6. The van der Waals surface area contributed by atoms with Gasteiger partial charge in [0.25, 0.3) is 0 Å². The molecule has 0 aromatic heterocycles. The minimum absolute atomic E-state index is 0.112. The lowest BCUT2D eigenvalue weighted by Crippen LogP contribution is -2.47. The lowest BCUT2D eigenvalue weighted by Gasteiger charge is -2.23. The Kier molecular flexibility index (Phi) is 5.45. The van der Waals surface area contributed by atoms with Crippen molar-refractivity contribution in [2.24, 2.45) is 0 Å². The zero-order valence-corrected chi connectivity index (χ0v) is 17.0. The van der Waals surface area contributed by atoms with Crippen molar-refractivity contribution in [2.45, 2.75) is 45.3 Å². The standard InChI is InChI=1S/C23H24F2N2O3/c1-13-5-6-15(10-19(13)24)16-8-17-9-18(30-22(17)20(25)11-16)12-26-23(29)21-4-3-7-27(21)14(2)28/h5-6,8,10-11,18,21H,3-4,7,9,12H2,1-2H3,(H,26,29)/t18-,21+/m1/s1. The van der Waals surface area contributed by atoms with Crippen molar-refractivity contribution in [3.05, 3.63) is 53.1 Å². The van der Waals surface area contributed by atoms with Crippen molar-refractivity contribution in [1.29, 1.82) is 0 Å². The van der Waals surface area contributed by atoms with Crippen LogP contribution in [0.5, 0.6) is 5.75 Å². The Bertz CT molecular complexity index is 1010. The number of ether oxygens (including phenoxy) is 1. The first-order chi connectivity index (χ1) is 14.3. The molecule has 0 unspecified atom stereocenters. The fourth-order valence-electron chi connectivity index (χ4n) is 4.19. The number of carbonyl (C=O) groups excluding carboxylic acids is 2. The zero-order chi connectivity index (χ0) is 21.4. The molecule has 30 heavy (non-hydrogen) atoms. The van der Waals surface area contributed by atoms with Gasteiger partial charge in [-0.05, 0) is 54.7 Å². The molecule has 0 radical (unpaired) electrons. The number of fused-ring (bicyclic) bond motifs is 1. The van der Waals surface area contributed by atoms with Crippen LogP contribution < -0.4 is 10.1 Å². The molecular weight excluding hydrogens is 390 g/mol. The molecule has 2 heterocycles. The first-order valence-corrected chi connectivity index (χ1v) is 10.1. The van der Waals surface area contributed by atoms with Crippen LogP contribution >= 0.6 is 0 Å². The Morgan fingerprint density at radius 1 is 1.17 bits per heavy atom. The molecule has 2 aliphatic heterocycles. The molecule has 5 nitrogen and oxygen atoms in total. The second kappa shape index (κ2) is 8.05. The number of likely N-dealkylation sites (tertiary alicyclic amines) is 1. The van der Waals surface area contributed by atoms with E-state index in [4.69, 9.17) is 4.74 Å². The summed E-state index contributed by atoms with van der Waals surface area (Å²) in [5, 5.41) is 2.84. The SMILES string of the molecule is CC(=O)N1CCC[C@H]1C(=O)NC[C@H]1Cc2cc(-c3ccc(C)c(F)c3)cc(F)c2O1. The highest BCUT2D eigenvalue weighted by Crippen LogP contribution is 2.36. The van der Waals surface area contributed by atoms with E-state index in [2.05, 4.69) is 5.32 Å². The summed E-state index contributed by atoms with van der Waals surface area (Å²) in [6.45, 7) is 3.95. The van der Waals surface area contributed by atoms with Crippen LogP contribution in [-0.2, 0) is 16.0 Å². The molecule has 0 bridgehead atoms. The van der Waals surface area contributed by atoms with Crippen LogP contribution in [0.1, 0.15) is 30.9 Å². The maximum absolute atomic E-state index is 14.6. The Balaban J connectivity index is 1.43. The Hall–Kier alpha value is -2.96. The Labute approximate surface area is 174 Å². The third-order valence-corrected chi connectivity index (χ3v) is 5.82. The zero-order valence-electron chi connectivity index (χ0n) is 17.0. The molecule has 7 heteroatoms. The summed E-state index contributed by atoms with van der Waals surface area (Å²) in [5.74, 6) is -0.984. The first kappa shape index (κ1) is 20.3. The molecule has 1 N–H and O–H groups in total. The van der Waals surface area contributed by atoms with Gasteiger partial charge in [-0.3, -0.25) is 9.59 Å². The summed E-state index contributed by atoms with van der Waals surface area (Å²) in [5.41, 5.74) is 2.41. The number of carbonyl (C=O) groups is 2. The van der Waals surface area contributed by atoms with Gasteiger partial charge in [0.1, 0.15) is 18.0 Å². The van der Waals surface area contributed by atoms with Crippen molar-refractivity contribution in [1.82, 2.24) is 10.2 Å². The quantitative estimate of drug-likeness (QED) is 0.835. The van der Waals surface area contributed by atoms with Crippen LogP contribution in [0, 0.1) is 18.6 Å². The average molecular weight is 414 g/mol. The van der Waals surface area contributed by atoms with Crippen molar-refractivity contribution in [2.75, 3.05) is 13.1 Å². The smallest absolute Gasteiger partial charge is 0.242 e. The minimum atomic E-state index is -0.504. The number of benzene rings is 2. The van der Waals surface area contributed by atoms with Crippen LogP contribution in [-0.4, -0.2) is 41.9 Å². The van der Waals surface area contributed by atoms with E-state index in [9.17, 15) is 18.4 Å². The topological polar surface area (TPSA) is 58.6 Å². The minimum Gasteiger partial charge on any atom is -0.485 e. The summed E-state index contributed by atoms with van der Waals surface area (Å²) in [6, 6.07) is 7.51. The third kappa shape index (κ3) is 3.88. The normalized spacial score (nSPS) is 20.1. The summed E-state index contributed by atoms with van der Waals surface area (Å²) in [6.07, 6.45) is 1.49.